The molecule has 3 rings (SSSR count). The minimum atomic E-state index is -4.32. The Morgan fingerprint density at radius 1 is 1.24 bits per heavy atom. The van der Waals surface area contributed by atoms with Gasteiger partial charge in [0.1, 0.15) is 0 Å². The number of hydrogen-bond donors (Lipinski definition) is 1. The third-order valence-corrected chi connectivity index (χ3v) is 3.90. The fourth-order valence-electron chi connectivity index (χ4n) is 2.87. The molecule has 5 heteroatoms. The number of nitrogens with zero attached hydrogens (tertiary/aromatic N) is 1. The topological polar surface area (TPSA) is 25.2 Å². The van der Waals surface area contributed by atoms with Gasteiger partial charge in [-0.15, -0.1) is 0 Å². The molecule has 2 aromatic rings. The molecule has 2 nitrogen and oxygen atoms in total. The maximum atomic E-state index is 12.7. The fraction of sp³-hybridized carbons (Fsp3) is 0.375. The summed E-state index contributed by atoms with van der Waals surface area (Å²) in [4.78, 5) is 0. The van der Waals surface area contributed by atoms with Gasteiger partial charge in [0.2, 0.25) is 0 Å². The molecule has 0 aliphatic heterocycles. The number of aryl methyl sites for hydroxylation is 1. The van der Waals surface area contributed by atoms with Crippen LogP contribution in [-0.4, -0.2) is 9.67 Å². The van der Waals surface area contributed by atoms with Crippen LogP contribution in [0.15, 0.2) is 36.7 Å². The number of alkyl halides is 3. The summed E-state index contributed by atoms with van der Waals surface area (Å²) in [6.45, 7) is 0.379. The van der Waals surface area contributed by atoms with Gasteiger partial charge in [-0.1, -0.05) is 12.1 Å². The smallest absolute Gasteiger partial charge is 0.388 e. The largest absolute Gasteiger partial charge is 0.416 e. The molecular weight excluding hydrogens is 279 g/mol. The van der Waals surface area contributed by atoms with Crippen molar-refractivity contribution >= 4 is 0 Å². The van der Waals surface area contributed by atoms with E-state index in [1.807, 2.05) is 17.0 Å². The zero-order valence-corrected chi connectivity index (χ0v) is 11.4. The van der Waals surface area contributed by atoms with E-state index in [2.05, 4.69) is 0 Å². The van der Waals surface area contributed by atoms with E-state index < -0.39 is 17.8 Å². The number of aromatic nitrogens is 1. The van der Waals surface area contributed by atoms with Crippen LogP contribution in [0.4, 0.5) is 13.2 Å². The van der Waals surface area contributed by atoms with Crippen LogP contribution in [0.2, 0.25) is 0 Å². The van der Waals surface area contributed by atoms with Crippen molar-refractivity contribution in [2.24, 2.45) is 0 Å². The quantitative estimate of drug-likeness (QED) is 0.892. The number of rotatable bonds is 2. The summed E-state index contributed by atoms with van der Waals surface area (Å²) < 4.78 is 40.0. The van der Waals surface area contributed by atoms with Crippen LogP contribution in [0.25, 0.3) is 0 Å². The first-order valence-corrected chi connectivity index (χ1v) is 6.96. The summed E-state index contributed by atoms with van der Waals surface area (Å²) in [6.07, 6.45) is 1.63. The Hall–Kier alpha value is -1.75. The van der Waals surface area contributed by atoms with Crippen LogP contribution in [0.1, 0.15) is 41.2 Å². The standard InChI is InChI=1S/C16H16F3NO/c17-16(18,19)13-5-1-3-11(7-13)8-20-9-12-4-2-6-15(21)14(12)10-20/h1,3,5,7,9-10,15,21H,2,4,6,8H2. The molecule has 1 atom stereocenters. The predicted octanol–water partition coefficient (Wildman–Crippen LogP) is 3.92. The summed E-state index contributed by atoms with van der Waals surface area (Å²) in [7, 11) is 0. The molecule has 0 fully saturated rings. The number of aliphatic hydroxyl groups excluding tert-OH is 1. The number of halogens is 3. The average Bonchev–Trinajstić information content (AvgIpc) is 2.82. The predicted molar refractivity (Wildman–Crippen MR) is 72.9 cm³/mol. The molecule has 1 aliphatic carbocycles. The minimum absolute atomic E-state index is 0.379. The van der Waals surface area contributed by atoms with Gasteiger partial charge in [-0.05, 0) is 42.5 Å². The van der Waals surface area contributed by atoms with Gasteiger partial charge in [-0.25, -0.2) is 0 Å². The Morgan fingerprint density at radius 3 is 2.76 bits per heavy atom. The molecule has 112 valence electrons. The Bertz CT molecular complexity index is 645. The summed E-state index contributed by atoms with van der Waals surface area (Å²) >= 11 is 0. The molecule has 21 heavy (non-hydrogen) atoms. The molecule has 0 saturated carbocycles. The minimum Gasteiger partial charge on any atom is -0.388 e. The molecule has 1 aromatic carbocycles. The van der Waals surface area contributed by atoms with Crippen LogP contribution >= 0.6 is 0 Å². The van der Waals surface area contributed by atoms with Gasteiger partial charge >= 0.3 is 6.18 Å². The van der Waals surface area contributed by atoms with E-state index in [4.69, 9.17) is 0 Å². The zero-order chi connectivity index (χ0) is 15.0. The van der Waals surface area contributed by atoms with E-state index in [9.17, 15) is 18.3 Å². The first-order chi connectivity index (χ1) is 9.93. The number of benzene rings is 1. The Morgan fingerprint density at radius 2 is 2.05 bits per heavy atom. The highest BCUT2D eigenvalue weighted by atomic mass is 19.4. The highest BCUT2D eigenvalue weighted by Crippen LogP contribution is 2.32. The van der Waals surface area contributed by atoms with Crippen LogP contribution < -0.4 is 0 Å². The maximum absolute atomic E-state index is 12.7. The third kappa shape index (κ3) is 2.97. The van der Waals surface area contributed by atoms with Gasteiger partial charge in [-0.2, -0.15) is 13.2 Å². The number of aliphatic hydroxyl groups is 1. The van der Waals surface area contributed by atoms with Gasteiger partial charge in [0, 0.05) is 24.5 Å². The van der Waals surface area contributed by atoms with E-state index in [0.717, 1.165) is 36.5 Å². The second-order valence-electron chi connectivity index (χ2n) is 5.52. The first kappa shape index (κ1) is 14.2. The lowest BCUT2D eigenvalue weighted by atomic mass is 9.93. The molecule has 1 heterocycles. The van der Waals surface area contributed by atoms with E-state index >= 15 is 0 Å². The average molecular weight is 295 g/mol. The number of fused-ring (bicyclic) bond motifs is 1. The van der Waals surface area contributed by atoms with Crippen molar-refractivity contribution < 1.29 is 18.3 Å². The van der Waals surface area contributed by atoms with Crippen LogP contribution in [0, 0.1) is 0 Å². The molecule has 0 bridgehead atoms. The van der Waals surface area contributed by atoms with Gasteiger partial charge < -0.3 is 9.67 Å². The monoisotopic (exact) mass is 295 g/mol. The fourth-order valence-corrected chi connectivity index (χ4v) is 2.87. The second-order valence-corrected chi connectivity index (χ2v) is 5.52. The van der Waals surface area contributed by atoms with Gasteiger partial charge in [0.25, 0.3) is 0 Å². The van der Waals surface area contributed by atoms with Crippen LogP contribution in [-0.2, 0) is 19.1 Å². The van der Waals surface area contributed by atoms with Gasteiger partial charge in [-0.3, -0.25) is 0 Å². The van der Waals surface area contributed by atoms with Crippen molar-refractivity contribution in [3.05, 3.63) is 58.9 Å². The second kappa shape index (κ2) is 5.22. The Labute approximate surface area is 120 Å². The molecular formula is C16H16F3NO. The van der Waals surface area contributed by atoms with E-state index in [1.165, 1.54) is 12.1 Å². The van der Waals surface area contributed by atoms with E-state index in [-0.39, 0.29) is 0 Å². The summed E-state index contributed by atoms with van der Waals surface area (Å²) in [6, 6.07) is 5.37. The molecule has 0 radical (unpaired) electrons. The summed E-state index contributed by atoms with van der Waals surface area (Å²) in [5.74, 6) is 0. The first-order valence-electron chi connectivity index (χ1n) is 6.96. The van der Waals surface area contributed by atoms with Crippen molar-refractivity contribution in [1.82, 2.24) is 4.57 Å². The Balaban J connectivity index is 1.84. The zero-order valence-electron chi connectivity index (χ0n) is 11.4. The maximum Gasteiger partial charge on any atom is 0.416 e. The van der Waals surface area contributed by atoms with Crippen molar-refractivity contribution in [2.45, 2.75) is 38.1 Å². The van der Waals surface area contributed by atoms with Crippen LogP contribution in [0.3, 0.4) is 0 Å². The summed E-state index contributed by atoms with van der Waals surface area (Å²) in [5, 5.41) is 9.93. The molecule has 0 saturated heterocycles. The lowest BCUT2D eigenvalue weighted by molar-refractivity contribution is -0.137. The molecule has 0 spiro atoms. The van der Waals surface area contributed by atoms with Crippen LogP contribution in [0.5, 0.6) is 0 Å². The molecule has 1 unspecified atom stereocenters. The highest BCUT2D eigenvalue weighted by molar-refractivity contribution is 5.31. The molecule has 1 N–H and O–H groups in total. The third-order valence-electron chi connectivity index (χ3n) is 3.90. The lowest BCUT2D eigenvalue weighted by Gasteiger charge is -2.16. The number of hydrogen-bond acceptors (Lipinski definition) is 1. The molecule has 1 aliphatic rings. The highest BCUT2D eigenvalue weighted by Gasteiger charge is 2.30. The molecule has 1 aromatic heterocycles. The molecule has 0 amide bonds. The summed E-state index contributed by atoms with van der Waals surface area (Å²) in [5.41, 5.74) is 1.98. The van der Waals surface area contributed by atoms with Crippen molar-refractivity contribution in [1.29, 1.82) is 0 Å². The Kier molecular flexibility index (Phi) is 3.53. The van der Waals surface area contributed by atoms with E-state index in [0.29, 0.717) is 12.1 Å². The van der Waals surface area contributed by atoms with Crippen molar-refractivity contribution in [3.63, 3.8) is 0 Å². The lowest BCUT2D eigenvalue weighted by Crippen LogP contribution is -2.06. The SMILES string of the molecule is OC1CCCc2cn(Cc3cccc(C(F)(F)F)c3)cc21. The van der Waals surface area contributed by atoms with Crippen molar-refractivity contribution in [3.8, 4) is 0 Å². The normalized spacial score (nSPS) is 18.6. The van der Waals surface area contributed by atoms with E-state index in [1.54, 1.807) is 6.07 Å². The van der Waals surface area contributed by atoms with Gasteiger partial charge in [0.15, 0.2) is 0 Å². The van der Waals surface area contributed by atoms with Crippen molar-refractivity contribution in [2.75, 3.05) is 0 Å². The van der Waals surface area contributed by atoms with Gasteiger partial charge in [0.05, 0.1) is 11.7 Å².